The molecule has 0 aromatic heterocycles. The molecule has 5 nitrogen and oxygen atoms in total. The largest absolute Gasteiger partial charge is 0.350 e. The van der Waals surface area contributed by atoms with Crippen molar-refractivity contribution >= 4 is 17.5 Å². The highest BCUT2D eigenvalue weighted by molar-refractivity contribution is 6.01. The van der Waals surface area contributed by atoms with Gasteiger partial charge in [-0.15, -0.1) is 0 Å². The van der Waals surface area contributed by atoms with Crippen LogP contribution in [0.5, 0.6) is 0 Å². The number of carbonyl (C=O) groups is 2. The quantitative estimate of drug-likeness (QED) is 0.798. The maximum Gasteiger partial charge on any atom is 0.251 e. The van der Waals surface area contributed by atoms with Crippen molar-refractivity contribution in [3.05, 3.63) is 29.3 Å². The molecule has 0 spiro atoms. The van der Waals surface area contributed by atoms with Gasteiger partial charge in [0.1, 0.15) is 0 Å². The van der Waals surface area contributed by atoms with Crippen molar-refractivity contribution in [3.63, 3.8) is 0 Å². The zero-order chi connectivity index (χ0) is 17.0. The van der Waals surface area contributed by atoms with Crippen LogP contribution >= 0.6 is 0 Å². The van der Waals surface area contributed by atoms with E-state index in [1.165, 1.54) is 0 Å². The Labute approximate surface area is 138 Å². The Morgan fingerprint density at radius 1 is 1.17 bits per heavy atom. The lowest BCUT2D eigenvalue weighted by atomic mass is 9.82. The van der Waals surface area contributed by atoms with Crippen LogP contribution in [0.15, 0.2) is 18.2 Å². The maximum atomic E-state index is 12.5. The van der Waals surface area contributed by atoms with Gasteiger partial charge in [0.25, 0.3) is 5.91 Å². The summed E-state index contributed by atoms with van der Waals surface area (Å²) in [5.41, 5.74) is 7.53. The Kier molecular flexibility index (Phi) is 5.42. The summed E-state index contributed by atoms with van der Waals surface area (Å²) in [6, 6.07) is 5.44. The molecule has 1 aliphatic carbocycles. The van der Waals surface area contributed by atoms with Gasteiger partial charge in [-0.25, -0.2) is 0 Å². The van der Waals surface area contributed by atoms with Gasteiger partial charge in [-0.05, 0) is 51.3 Å². The monoisotopic (exact) mass is 317 g/mol. The minimum atomic E-state index is -0.788. The van der Waals surface area contributed by atoms with Gasteiger partial charge >= 0.3 is 0 Å². The van der Waals surface area contributed by atoms with Crippen LogP contribution in [-0.4, -0.2) is 23.4 Å². The zero-order valence-corrected chi connectivity index (χ0v) is 14.2. The molecular formula is C18H27N3O2. The lowest BCUT2D eigenvalue weighted by Crippen LogP contribution is -2.52. The third-order valence-corrected chi connectivity index (χ3v) is 4.36. The van der Waals surface area contributed by atoms with E-state index >= 15 is 0 Å². The van der Waals surface area contributed by atoms with E-state index in [9.17, 15) is 9.59 Å². The summed E-state index contributed by atoms with van der Waals surface area (Å²) in [4.78, 5) is 24.7. The Hall–Kier alpha value is -1.88. The number of nitrogens with one attached hydrogen (secondary N) is 2. The van der Waals surface area contributed by atoms with Gasteiger partial charge in [0, 0.05) is 17.3 Å². The van der Waals surface area contributed by atoms with Gasteiger partial charge in [0.05, 0.1) is 5.54 Å². The normalized spacial score (nSPS) is 16.9. The average Bonchev–Trinajstić information content (AvgIpc) is 2.49. The maximum absolute atomic E-state index is 12.5. The van der Waals surface area contributed by atoms with Gasteiger partial charge in [-0.3, -0.25) is 9.59 Å². The Balaban J connectivity index is 2.14. The van der Waals surface area contributed by atoms with Crippen LogP contribution in [0, 0.1) is 6.92 Å². The Morgan fingerprint density at radius 3 is 2.43 bits per heavy atom. The van der Waals surface area contributed by atoms with Gasteiger partial charge in [0.15, 0.2) is 0 Å². The molecule has 0 saturated heterocycles. The molecule has 0 atom stereocenters. The second-order valence-corrected chi connectivity index (χ2v) is 6.83. The van der Waals surface area contributed by atoms with Crippen molar-refractivity contribution in [2.24, 2.45) is 5.73 Å². The third kappa shape index (κ3) is 4.32. The number of aryl methyl sites for hydroxylation is 1. The Bertz CT molecular complexity index is 590. The molecule has 0 heterocycles. The molecule has 1 fully saturated rings. The molecule has 126 valence electrons. The number of anilines is 1. The van der Waals surface area contributed by atoms with Crippen molar-refractivity contribution < 1.29 is 9.59 Å². The first kappa shape index (κ1) is 17.5. The third-order valence-electron chi connectivity index (χ3n) is 4.36. The van der Waals surface area contributed by atoms with Crippen molar-refractivity contribution in [1.82, 2.24) is 5.32 Å². The SMILES string of the molecule is Cc1ccc(NC(=O)C2(N)CCCCC2)cc1C(=O)NC(C)C. The van der Waals surface area contributed by atoms with E-state index in [4.69, 9.17) is 5.73 Å². The summed E-state index contributed by atoms with van der Waals surface area (Å²) in [6.45, 7) is 5.71. The summed E-state index contributed by atoms with van der Waals surface area (Å²) in [5, 5.41) is 5.76. The minimum absolute atomic E-state index is 0.0645. The first-order chi connectivity index (χ1) is 10.8. The second kappa shape index (κ2) is 7.13. The highest BCUT2D eigenvalue weighted by Gasteiger charge is 2.35. The van der Waals surface area contributed by atoms with Gasteiger partial charge in [0.2, 0.25) is 5.91 Å². The second-order valence-electron chi connectivity index (χ2n) is 6.83. The van der Waals surface area contributed by atoms with Crippen LogP contribution in [0.4, 0.5) is 5.69 Å². The first-order valence-corrected chi connectivity index (χ1v) is 8.34. The summed E-state index contributed by atoms with van der Waals surface area (Å²) >= 11 is 0. The van der Waals surface area contributed by atoms with Crippen LogP contribution in [0.25, 0.3) is 0 Å². The summed E-state index contributed by atoms with van der Waals surface area (Å²) in [6.07, 6.45) is 4.53. The summed E-state index contributed by atoms with van der Waals surface area (Å²) in [5.74, 6) is -0.287. The van der Waals surface area contributed by atoms with Crippen molar-refractivity contribution in [1.29, 1.82) is 0 Å². The predicted octanol–water partition coefficient (Wildman–Crippen LogP) is 2.73. The van der Waals surface area contributed by atoms with E-state index in [0.717, 1.165) is 24.8 Å². The van der Waals surface area contributed by atoms with E-state index in [1.54, 1.807) is 6.07 Å². The van der Waals surface area contributed by atoms with E-state index in [-0.39, 0.29) is 17.9 Å². The molecule has 0 radical (unpaired) electrons. The number of carbonyl (C=O) groups excluding carboxylic acids is 2. The van der Waals surface area contributed by atoms with Crippen molar-refractivity contribution in [2.75, 3.05) is 5.32 Å². The molecule has 1 aromatic carbocycles. The average molecular weight is 317 g/mol. The van der Waals surface area contributed by atoms with Crippen molar-refractivity contribution in [2.45, 2.75) is 64.5 Å². The molecule has 5 heteroatoms. The lowest BCUT2D eigenvalue weighted by molar-refractivity contribution is -0.122. The van der Waals surface area contributed by atoms with Gasteiger partial charge in [-0.1, -0.05) is 25.3 Å². The number of amides is 2. The first-order valence-electron chi connectivity index (χ1n) is 8.34. The fraction of sp³-hybridized carbons (Fsp3) is 0.556. The van der Waals surface area contributed by atoms with Crippen LogP contribution < -0.4 is 16.4 Å². The standard InChI is InChI=1S/C18H27N3O2/c1-12(2)20-16(22)15-11-14(8-7-13(15)3)21-17(23)18(19)9-5-4-6-10-18/h7-8,11-12H,4-6,9-10,19H2,1-3H3,(H,20,22)(H,21,23). The van der Waals surface area contributed by atoms with Crippen LogP contribution in [0.3, 0.4) is 0 Å². The molecule has 1 aromatic rings. The molecular weight excluding hydrogens is 290 g/mol. The number of hydrogen-bond acceptors (Lipinski definition) is 3. The molecule has 1 aliphatic rings. The Morgan fingerprint density at radius 2 is 1.83 bits per heavy atom. The topological polar surface area (TPSA) is 84.2 Å². The molecule has 0 unspecified atom stereocenters. The molecule has 23 heavy (non-hydrogen) atoms. The lowest BCUT2D eigenvalue weighted by Gasteiger charge is -2.31. The number of hydrogen-bond donors (Lipinski definition) is 3. The molecule has 2 amide bonds. The van der Waals surface area contributed by atoms with Crippen molar-refractivity contribution in [3.8, 4) is 0 Å². The minimum Gasteiger partial charge on any atom is -0.350 e. The smallest absolute Gasteiger partial charge is 0.251 e. The van der Waals surface area contributed by atoms with Crippen LogP contribution in [0.1, 0.15) is 61.9 Å². The number of rotatable bonds is 4. The highest BCUT2D eigenvalue weighted by atomic mass is 16.2. The van der Waals surface area contributed by atoms with Crippen LogP contribution in [0.2, 0.25) is 0 Å². The zero-order valence-electron chi connectivity index (χ0n) is 14.2. The van der Waals surface area contributed by atoms with E-state index < -0.39 is 5.54 Å². The van der Waals surface area contributed by atoms with E-state index in [1.807, 2.05) is 32.9 Å². The highest BCUT2D eigenvalue weighted by Crippen LogP contribution is 2.27. The molecule has 0 bridgehead atoms. The molecule has 4 N–H and O–H groups in total. The fourth-order valence-corrected chi connectivity index (χ4v) is 2.95. The van der Waals surface area contributed by atoms with Gasteiger partial charge in [-0.2, -0.15) is 0 Å². The fourth-order valence-electron chi connectivity index (χ4n) is 2.95. The summed E-state index contributed by atoms with van der Waals surface area (Å²) < 4.78 is 0. The molecule has 2 rings (SSSR count). The molecule has 1 saturated carbocycles. The van der Waals surface area contributed by atoms with E-state index in [0.29, 0.717) is 24.1 Å². The molecule has 0 aliphatic heterocycles. The summed E-state index contributed by atoms with van der Waals surface area (Å²) in [7, 11) is 0. The van der Waals surface area contributed by atoms with Gasteiger partial charge < -0.3 is 16.4 Å². The number of benzene rings is 1. The predicted molar refractivity (Wildman–Crippen MR) is 92.4 cm³/mol. The van der Waals surface area contributed by atoms with Crippen LogP contribution in [-0.2, 0) is 4.79 Å². The number of nitrogens with two attached hydrogens (primary N) is 1. The van der Waals surface area contributed by atoms with E-state index in [2.05, 4.69) is 10.6 Å².